The zero-order valence-electron chi connectivity index (χ0n) is 9.87. The third kappa shape index (κ3) is 2.45. The van der Waals surface area contributed by atoms with Crippen molar-refractivity contribution in [3.63, 3.8) is 0 Å². The first-order valence-electron chi connectivity index (χ1n) is 5.31. The molecule has 0 spiro atoms. The predicted octanol–water partition coefficient (Wildman–Crippen LogP) is 1.86. The summed E-state index contributed by atoms with van der Waals surface area (Å²) < 4.78 is 12.9. The largest absolute Gasteiger partial charge is 0.382 e. The second kappa shape index (κ2) is 4.55. The minimum Gasteiger partial charge on any atom is -0.382 e. The van der Waals surface area contributed by atoms with Gasteiger partial charge in [-0.05, 0) is 31.8 Å². The third-order valence-corrected chi connectivity index (χ3v) is 2.48. The first-order valence-corrected chi connectivity index (χ1v) is 5.31. The van der Waals surface area contributed by atoms with Gasteiger partial charge in [0.05, 0.1) is 5.69 Å². The maximum Gasteiger partial charge on any atom is 0.153 e. The van der Waals surface area contributed by atoms with Crippen molar-refractivity contribution >= 4 is 5.82 Å². The second-order valence-electron chi connectivity index (χ2n) is 4.21. The SMILES string of the molecule is CN(C)Cc1[nH]nc(N)c1-c1ccc(F)cc1. The maximum atomic E-state index is 12.9. The van der Waals surface area contributed by atoms with Gasteiger partial charge in [0.2, 0.25) is 0 Å². The lowest BCUT2D eigenvalue weighted by Gasteiger charge is -2.10. The molecular weight excluding hydrogens is 219 g/mol. The molecule has 0 saturated heterocycles. The fourth-order valence-corrected chi connectivity index (χ4v) is 1.76. The lowest BCUT2D eigenvalue weighted by molar-refractivity contribution is 0.397. The summed E-state index contributed by atoms with van der Waals surface area (Å²) in [5.41, 5.74) is 8.48. The summed E-state index contributed by atoms with van der Waals surface area (Å²) in [7, 11) is 3.93. The van der Waals surface area contributed by atoms with Crippen LogP contribution in [0.4, 0.5) is 10.2 Å². The average Bonchev–Trinajstić information content (AvgIpc) is 2.61. The smallest absolute Gasteiger partial charge is 0.153 e. The van der Waals surface area contributed by atoms with Crippen LogP contribution < -0.4 is 5.73 Å². The highest BCUT2D eigenvalue weighted by Crippen LogP contribution is 2.28. The van der Waals surface area contributed by atoms with E-state index in [1.165, 1.54) is 12.1 Å². The topological polar surface area (TPSA) is 57.9 Å². The van der Waals surface area contributed by atoms with Crippen molar-refractivity contribution in [2.75, 3.05) is 19.8 Å². The Morgan fingerprint density at radius 1 is 1.29 bits per heavy atom. The molecule has 5 heteroatoms. The lowest BCUT2D eigenvalue weighted by atomic mass is 10.1. The Labute approximate surface area is 99.2 Å². The van der Waals surface area contributed by atoms with E-state index in [2.05, 4.69) is 10.2 Å². The highest BCUT2D eigenvalue weighted by Gasteiger charge is 2.13. The summed E-state index contributed by atoms with van der Waals surface area (Å²) in [6, 6.07) is 6.24. The highest BCUT2D eigenvalue weighted by molar-refractivity contribution is 5.76. The zero-order chi connectivity index (χ0) is 12.4. The van der Waals surface area contributed by atoms with Crippen LogP contribution in [0.1, 0.15) is 5.69 Å². The summed E-state index contributed by atoms with van der Waals surface area (Å²) in [6.45, 7) is 0.705. The number of H-pyrrole nitrogens is 1. The number of nitrogens with two attached hydrogens (primary N) is 1. The normalized spacial score (nSPS) is 11.1. The molecule has 0 aliphatic rings. The van der Waals surface area contributed by atoms with Crippen LogP contribution in [-0.4, -0.2) is 29.2 Å². The summed E-state index contributed by atoms with van der Waals surface area (Å²) in [6.07, 6.45) is 0. The van der Waals surface area contributed by atoms with E-state index in [-0.39, 0.29) is 5.82 Å². The van der Waals surface area contributed by atoms with Crippen LogP contribution in [0.15, 0.2) is 24.3 Å². The van der Waals surface area contributed by atoms with Crippen LogP contribution >= 0.6 is 0 Å². The van der Waals surface area contributed by atoms with Gasteiger partial charge in [-0.2, -0.15) is 5.10 Å². The molecule has 1 aromatic heterocycles. The van der Waals surface area contributed by atoms with E-state index < -0.39 is 0 Å². The van der Waals surface area contributed by atoms with Crippen molar-refractivity contribution in [1.29, 1.82) is 0 Å². The van der Waals surface area contributed by atoms with E-state index in [1.54, 1.807) is 12.1 Å². The summed E-state index contributed by atoms with van der Waals surface area (Å²) in [4.78, 5) is 2.01. The number of hydrogen-bond donors (Lipinski definition) is 2. The molecule has 0 saturated carbocycles. The Morgan fingerprint density at radius 2 is 1.94 bits per heavy atom. The van der Waals surface area contributed by atoms with Crippen molar-refractivity contribution in [2.24, 2.45) is 0 Å². The molecule has 0 atom stereocenters. The van der Waals surface area contributed by atoms with Gasteiger partial charge in [-0.25, -0.2) is 4.39 Å². The summed E-state index contributed by atoms with van der Waals surface area (Å²) >= 11 is 0. The fourth-order valence-electron chi connectivity index (χ4n) is 1.76. The number of aromatic nitrogens is 2. The van der Waals surface area contributed by atoms with Crippen LogP contribution in [0.25, 0.3) is 11.1 Å². The first kappa shape index (κ1) is 11.6. The van der Waals surface area contributed by atoms with Crippen molar-refractivity contribution in [1.82, 2.24) is 15.1 Å². The molecular formula is C12H15FN4. The quantitative estimate of drug-likeness (QED) is 0.852. The van der Waals surface area contributed by atoms with Gasteiger partial charge >= 0.3 is 0 Å². The van der Waals surface area contributed by atoms with Crippen LogP contribution in [0.3, 0.4) is 0 Å². The fraction of sp³-hybridized carbons (Fsp3) is 0.250. The van der Waals surface area contributed by atoms with Crippen LogP contribution in [0.2, 0.25) is 0 Å². The van der Waals surface area contributed by atoms with Crippen LogP contribution in [0, 0.1) is 5.82 Å². The number of halogens is 1. The van der Waals surface area contributed by atoms with Gasteiger partial charge in [-0.1, -0.05) is 12.1 Å². The van der Waals surface area contributed by atoms with Crippen LogP contribution in [-0.2, 0) is 6.54 Å². The molecule has 0 amide bonds. The summed E-state index contributed by atoms with van der Waals surface area (Å²) in [5.74, 6) is 0.179. The number of rotatable bonds is 3. The third-order valence-electron chi connectivity index (χ3n) is 2.48. The van der Waals surface area contributed by atoms with E-state index in [1.807, 2.05) is 19.0 Å². The Kier molecular flexibility index (Phi) is 3.10. The predicted molar refractivity (Wildman–Crippen MR) is 65.8 cm³/mol. The summed E-state index contributed by atoms with van der Waals surface area (Å²) in [5, 5.41) is 6.91. The van der Waals surface area contributed by atoms with Crippen molar-refractivity contribution < 1.29 is 4.39 Å². The van der Waals surface area contributed by atoms with Gasteiger partial charge in [0.1, 0.15) is 5.82 Å². The van der Waals surface area contributed by atoms with Gasteiger partial charge < -0.3 is 10.6 Å². The number of aromatic amines is 1. The molecule has 0 aliphatic carbocycles. The average molecular weight is 234 g/mol. The maximum absolute atomic E-state index is 12.9. The van der Waals surface area contributed by atoms with E-state index in [9.17, 15) is 4.39 Å². The molecule has 3 N–H and O–H groups in total. The molecule has 90 valence electrons. The number of nitrogens with zero attached hydrogens (tertiary/aromatic N) is 2. The Bertz CT molecular complexity index is 502. The molecule has 0 fully saturated rings. The Balaban J connectivity index is 2.43. The van der Waals surface area contributed by atoms with E-state index >= 15 is 0 Å². The molecule has 2 rings (SSSR count). The molecule has 0 unspecified atom stereocenters. The van der Waals surface area contributed by atoms with Gasteiger partial charge in [-0.15, -0.1) is 0 Å². The molecule has 17 heavy (non-hydrogen) atoms. The Morgan fingerprint density at radius 3 is 2.53 bits per heavy atom. The lowest BCUT2D eigenvalue weighted by Crippen LogP contribution is -2.11. The van der Waals surface area contributed by atoms with Gasteiger partial charge in [0.25, 0.3) is 0 Å². The second-order valence-corrected chi connectivity index (χ2v) is 4.21. The van der Waals surface area contributed by atoms with Crippen molar-refractivity contribution in [3.8, 4) is 11.1 Å². The van der Waals surface area contributed by atoms with E-state index in [0.29, 0.717) is 12.4 Å². The number of anilines is 1. The molecule has 1 aromatic carbocycles. The molecule has 2 aromatic rings. The van der Waals surface area contributed by atoms with Gasteiger partial charge in [0, 0.05) is 12.1 Å². The minimum atomic E-state index is -0.259. The number of benzene rings is 1. The van der Waals surface area contributed by atoms with Crippen LogP contribution in [0.5, 0.6) is 0 Å². The van der Waals surface area contributed by atoms with Crippen molar-refractivity contribution in [3.05, 3.63) is 35.8 Å². The van der Waals surface area contributed by atoms with E-state index in [0.717, 1.165) is 16.8 Å². The molecule has 0 bridgehead atoms. The van der Waals surface area contributed by atoms with Crippen molar-refractivity contribution in [2.45, 2.75) is 6.54 Å². The molecule has 4 nitrogen and oxygen atoms in total. The number of nitrogens with one attached hydrogen (secondary N) is 1. The monoisotopic (exact) mass is 234 g/mol. The standard InChI is InChI=1S/C12H15FN4/c1-17(2)7-10-11(12(14)16-15-10)8-3-5-9(13)6-4-8/h3-6H,7H2,1-2H3,(H3,14,15,16). The highest BCUT2D eigenvalue weighted by atomic mass is 19.1. The zero-order valence-corrected chi connectivity index (χ0v) is 9.87. The van der Waals surface area contributed by atoms with Gasteiger partial charge in [0.15, 0.2) is 5.82 Å². The Hall–Kier alpha value is -1.88. The molecule has 0 aliphatic heterocycles. The minimum absolute atomic E-state index is 0.259. The first-order chi connectivity index (χ1) is 8.08. The molecule has 0 radical (unpaired) electrons. The van der Waals surface area contributed by atoms with E-state index in [4.69, 9.17) is 5.73 Å². The van der Waals surface area contributed by atoms with Gasteiger partial charge in [-0.3, -0.25) is 5.10 Å². The molecule has 1 heterocycles. The number of hydrogen-bond acceptors (Lipinski definition) is 3. The number of nitrogen functional groups attached to an aromatic ring is 1.